The fourth-order valence-corrected chi connectivity index (χ4v) is 4.89. The number of carbonyl (C=O) groups is 3. The lowest BCUT2D eigenvalue weighted by Crippen LogP contribution is -2.48. The van der Waals surface area contributed by atoms with Gasteiger partial charge in [0.05, 0.1) is 11.9 Å². The van der Waals surface area contributed by atoms with Crippen molar-refractivity contribution in [3.63, 3.8) is 0 Å². The Labute approximate surface area is 187 Å². The SMILES string of the molecule is C[C@]1(c2ccccc2)NC(=O)N(NC(=O)CSc2nnc(NC[C@H]3CCCO3)s2)C1=O. The molecule has 164 valence electrons. The first kappa shape index (κ1) is 21.5. The third-order valence-corrected chi connectivity index (χ3v) is 7.03. The topological polar surface area (TPSA) is 126 Å². The number of rotatable bonds is 8. The smallest absolute Gasteiger partial charge is 0.344 e. The van der Waals surface area contributed by atoms with Crippen molar-refractivity contribution in [2.45, 2.75) is 35.7 Å². The lowest BCUT2D eigenvalue weighted by molar-refractivity contribution is -0.138. The molecule has 0 aliphatic carbocycles. The number of thioether (sulfide) groups is 1. The van der Waals surface area contributed by atoms with Crippen LogP contribution in [-0.2, 0) is 19.9 Å². The number of carbonyl (C=O) groups excluding carboxylic acids is 3. The summed E-state index contributed by atoms with van der Waals surface area (Å²) in [7, 11) is 0. The van der Waals surface area contributed by atoms with Gasteiger partial charge in [-0.1, -0.05) is 53.4 Å². The maximum absolute atomic E-state index is 12.8. The van der Waals surface area contributed by atoms with Crippen LogP contribution in [0, 0.1) is 0 Å². The van der Waals surface area contributed by atoms with Crippen LogP contribution < -0.4 is 16.1 Å². The molecule has 3 N–H and O–H groups in total. The first-order chi connectivity index (χ1) is 15.0. The summed E-state index contributed by atoms with van der Waals surface area (Å²) in [5, 5.41) is 15.3. The van der Waals surface area contributed by atoms with E-state index in [2.05, 4.69) is 26.3 Å². The molecule has 31 heavy (non-hydrogen) atoms. The highest BCUT2D eigenvalue weighted by Crippen LogP contribution is 2.28. The summed E-state index contributed by atoms with van der Waals surface area (Å²) in [6.45, 7) is 3.07. The van der Waals surface area contributed by atoms with Crippen LogP contribution in [0.25, 0.3) is 0 Å². The van der Waals surface area contributed by atoms with E-state index in [1.54, 1.807) is 31.2 Å². The highest BCUT2D eigenvalue weighted by atomic mass is 32.2. The molecule has 2 aromatic rings. The van der Waals surface area contributed by atoms with Gasteiger partial charge in [0.15, 0.2) is 4.34 Å². The lowest BCUT2D eigenvalue weighted by atomic mass is 9.92. The Balaban J connectivity index is 1.28. The zero-order chi connectivity index (χ0) is 21.8. The highest BCUT2D eigenvalue weighted by Gasteiger charge is 2.49. The highest BCUT2D eigenvalue weighted by molar-refractivity contribution is 8.01. The van der Waals surface area contributed by atoms with Crippen LogP contribution in [0.2, 0.25) is 0 Å². The number of anilines is 1. The molecule has 4 amide bonds. The maximum atomic E-state index is 12.8. The molecule has 1 aromatic carbocycles. The van der Waals surface area contributed by atoms with Crippen molar-refractivity contribution in [1.82, 2.24) is 25.9 Å². The zero-order valence-corrected chi connectivity index (χ0v) is 18.4. The molecular formula is C19H22N6O4S2. The van der Waals surface area contributed by atoms with Crippen molar-refractivity contribution in [3.05, 3.63) is 35.9 Å². The van der Waals surface area contributed by atoms with Crippen LogP contribution in [0.3, 0.4) is 0 Å². The summed E-state index contributed by atoms with van der Waals surface area (Å²) in [5.41, 5.74) is 1.78. The second-order valence-electron chi connectivity index (χ2n) is 7.27. The number of amides is 4. The summed E-state index contributed by atoms with van der Waals surface area (Å²) in [4.78, 5) is 37.5. The van der Waals surface area contributed by atoms with Gasteiger partial charge in [0.1, 0.15) is 5.54 Å². The van der Waals surface area contributed by atoms with Gasteiger partial charge in [-0.3, -0.25) is 15.0 Å². The molecule has 0 spiro atoms. The fraction of sp³-hybridized carbons (Fsp3) is 0.421. The number of imide groups is 1. The average molecular weight is 463 g/mol. The Hall–Kier alpha value is -2.70. The van der Waals surface area contributed by atoms with Crippen molar-refractivity contribution >= 4 is 46.1 Å². The van der Waals surface area contributed by atoms with Crippen molar-refractivity contribution in [2.24, 2.45) is 0 Å². The second-order valence-corrected chi connectivity index (χ2v) is 9.47. The molecule has 3 heterocycles. The van der Waals surface area contributed by atoms with E-state index in [0.29, 0.717) is 21.6 Å². The van der Waals surface area contributed by atoms with Crippen LogP contribution in [0.15, 0.2) is 34.7 Å². The minimum absolute atomic E-state index is 0.0144. The summed E-state index contributed by atoms with van der Waals surface area (Å²) in [6, 6.07) is 8.21. The first-order valence-corrected chi connectivity index (χ1v) is 11.6. The van der Waals surface area contributed by atoms with Crippen LogP contribution in [-0.4, -0.2) is 58.1 Å². The third-order valence-electron chi connectivity index (χ3n) is 5.02. The quantitative estimate of drug-likeness (QED) is 0.400. The maximum Gasteiger partial charge on any atom is 0.344 e. The van der Waals surface area contributed by atoms with E-state index < -0.39 is 23.4 Å². The van der Waals surface area contributed by atoms with Gasteiger partial charge in [0, 0.05) is 13.2 Å². The van der Waals surface area contributed by atoms with Crippen LogP contribution >= 0.6 is 23.1 Å². The van der Waals surface area contributed by atoms with Gasteiger partial charge in [-0.15, -0.1) is 10.2 Å². The summed E-state index contributed by atoms with van der Waals surface area (Å²) in [6.07, 6.45) is 2.29. The van der Waals surface area contributed by atoms with E-state index in [0.717, 1.165) is 24.5 Å². The van der Waals surface area contributed by atoms with Crippen LogP contribution in [0.5, 0.6) is 0 Å². The average Bonchev–Trinajstić information content (AvgIpc) is 3.50. The van der Waals surface area contributed by atoms with Gasteiger partial charge >= 0.3 is 6.03 Å². The monoisotopic (exact) mass is 462 g/mol. The normalized spacial score (nSPS) is 23.1. The molecule has 0 bridgehead atoms. The van der Waals surface area contributed by atoms with E-state index >= 15 is 0 Å². The summed E-state index contributed by atoms with van der Waals surface area (Å²) >= 11 is 2.51. The summed E-state index contributed by atoms with van der Waals surface area (Å²) in [5.74, 6) is -1.05. The third kappa shape index (κ3) is 4.81. The van der Waals surface area contributed by atoms with Crippen molar-refractivity contribution < 1.29 is 19.1 Å². The Morgan fingerprint density at radius 1 is 1.35 bits per heavy atom. The second kappa shape index (κ2) is 9.20. The Morgan fingerprint density at radius 2 is 2.16 bits per heavy atom. The Bertz CT molecular complexity index is 965. The molecule has 10 nitrogen and oxygen atoms in total. The Morgan fingerprint density at radius 3 is 2.90 bits per heavy atom. The van der Waals surface area contributed by atoms with Gasteiger partial charge in [0.2, 0.25) is 11.0 Å². The molecule has 4 rings (SSSR count). The molecule has 2 aliphatic heterocycles. The van der Waals surface area contributed by atoms with Gasteiger partial charge in [-0.05, 0) is 25.3 Å². The van der Waals surface area contributed by atoms with Crippen LogP contribution in [0.1, 0.15) is 25.3 Å². The van der Waals surface area contributed by atoms with Gasteiger partial charge in [0.25, 0.3) is 5.91 Å². The molecule has 2 atom stereocenters. The fourth-order valence-electron chi connectivity index (χ4n) is 3.34. The molecular weight excluding hydrogens is 440 g/mol. The van der Waals surface area contributed by atoms with Crippen molar-refractivity contribution in [3.8, 4) is 0 Å². The molecule has 12 heteroatoms. The molecule has 2 fully saturated rings. The number of nitrogens with one attached hydrogen (secondary N) is 3. The number of ether oxygens (including phenoxy) is 1. The van der Waals surface area contributed by atoms with Gasteiger partial charge in [-0.25, -0.2) is 4.79 Å². The number of aromatic nitrogens is 2. The predicted molar refractivity (Wildman–Crippen MR) is 115 cm³/mol. The summed E-state index contributed by atoms with van der Waals surface area (Å²) < 4.78 is 6.16. The number of hydrogen-bond donors (Lipinski definition) is 3. The predicted octanol–water partition coefficient (Wildman–Crippen LogP) is 1.72. The van der Waals surface area contributed by atoms with E-state index in [1.807, 2.05) is 6.07 Å². The number of urea groups is 1. The number of hydrazine groups is 1. The van der Waals surface area contributed by atoms with E-state index in [4.69, 9.17) is 4.74 Å². The molecule has 1 aromatic heterocycles. The zero-order valence-electron chi connectivity index (χ0n) is 16.8. The minimum Gasteiger partial charge on any atom is -0.376 e. The van der Waals surface area contributed by atoms with Crippen molar-refractivity contribution in [2.75, 3.05) is 24.2 Å². The van der Waals surface area contributed by atoms with Gasteiger partial charge < -0.3 is 15.4 Å². The number of hydrogen-bond acceptors (Lipinski definition) is 9. The Kier molecular flexibility index (Phi) is 6.39. The minimum atomic E-state index is -1.23. The number of nitrogens with zero attached hydrogens (tertiary/aromatic N) is 3. The molecule has 0 unspecified atom stereocenters. The molecule has 0 radical (unpaired) electrons. The van der Waals surface area contributed by atoms with Gasteiger partial charge in [-0.2, -0.15) is 5.01 Å². The van der Waals surface area contributed by atoms with E-state index in [1.165, 1.54) is 23.1 Å². The van der Waals surface area contributed by atoms with E-state index in [-0.39, 0.29) is 11.9 Å². The molecule has 2 aliphatic rings. The number of benzene rings is 1. The first-order valence-electron chi connectivity index (χ1n) is 9.79. The largest absolute Gasteiger partial charge is 0.376 e. The molecule has 0 saturated carbocycles. The standard InChI is InChI=1S/C19H22N6O4S2/c1-19(12-6-3-2-4-7-12)15(27)25(17(28)21-19)24-14(26)11-30-18-23-22-16(31-18)20-10-13-8-5-9-29-13/h2-4,6-7,13H,5,8-11H2,1H3,(H,20,22)(H,21,28)(H,24,26)/t13-,19-/m1/s1. The lowest BCUT2D eigenvalue weighted by Gasteiger charge is -2.22. The molecule has 2 saturated heterocycles. The van der Waals surface area contributed by atoms with E-state index in [9.17, 15) is 14.4 Å². The van der Waals surface area contributed by atoms with Crippen molar-refractivity contribution in [1.29, 1.82) is 0 Å². The van der Waals surface area contributed by atoms with Crippen LogP contribution in [0.4, 0.5) is 9.93 Å².